The molecule has 2 aromatic rings. The van der Waals surface area contributed by atoms with Gasteiger partial charge in [0.1, 0.15) is 17.7 Å². The molecule has 190 valence electrons. The fraction of sp³-hybridized carbons (Fsp3) is 0.444. The lowest BCUT2D eigenvalue weighted by atomic mass is 9.97. The number of carbonyl (C=O) groups excluding carboxylic acids is 3. The van der Waals surface area contributed by atoms with E-state index in [2.05, 4.69) is 0 Å². The van der Waals surface area contributed by atoms with Crippen molar-refractivity contribution >= 4 is 17.9 Å². The second kappa shape index (κ2) is 9.52. The number of ether oxygens (including phenoxy) is 1. The van der Waals surface area contributed by atoms with E-state index >= 15 is 0 Å². The van der Waals surface area contributed by atoms with Gasteiger partial charge in [-0.1, -0.05) is 24.3 Å². The molecule has 3 amide bonds. The number of amides is 3. The fourth-order valence-electron chi connectivity index (χ4n) is 5.80. The first-order valence-corrected chi connectivity index (χ1v) is 12.5. The maximum absolute atomic E-state index is 14.9. The summed E-state index contributed by atoms with van der Waals surface area (Å²) in [6.07, 6.45) is 1.06. The summed E-state index contributed by atoms with van der Waals surface area (Å²) in [6.45, 7) is 4.59. The number of likely N-dealkylation sites (tertiary alicyclic amines) is 1. The van der Waals surface area contributed by atoms with Gasteiger partial charge in [-0.25, -0.2) is 13.6 Å². The monoisotopic (exact) mass is 497 g/mol. The normalized spacial score (nSPS) is 21.3. The Morgan fingerprint density at radius 1 is 1.00 bits per heavy atom. The van der Waals surface area contributed by atoms with Gasteiger partial charge >= 0.3 is 6.09 Å². The van der Waals surface area contributed by atoms with Gasteiger partial charge < -0.3 is 14.5 Å². The van der Waals surface area contributed by atoms with E-state index < -0.39 is 34.6 Å². The maximum Gasteiger partial charge on any atom is 0.411 e. The second-order valence-electron chi connectivity index (χ2n) is 9.46. The molecule has 2 fully saturated rings. The number of piperidine rings is 1. The quantitative estimate of drug-likeness (QED) is 0.622. The molecule has 1 aliphatic carbocycles. The van der Waals surface area contributed by atoms with E-state index in [1.807, 2.05) is 24.3 Å². The zero-order valence-electron chi connectivity index (χ0n) is 20.4. The Hall–Kier alpha value is -3.49. The van der Waals surface area contributed by atoms with Gasteiger partial charge in [0, 0.05) is 38.6 Å². The molecule has 7 nitrogen and oxygen atoms in total. The van der Waals surface area contributed by atoms with Crippen LogP contribution in [0.1, 0.15) is 64.6 Å². The average molecular weight is 498 g/mol. The Kier molecular flexibility index (Phi) is 6.40. The summed E-state index contributed by atoms with van der Waals surface area (Å²) in [6, 6.07) is 9.46. The molecule has 5 rings (SSSR count). The van der Waals surface area contributed by atoms with Gasteiger partial charge in [-0.05, 0) is 49.9 Å². The first-order valence-electron chi connectivity index (χ1n) is 12.5. The Morgan fingerprint density at radius 3 is 2.31 bits per heavy atom. The lowest BCUT2D eigenvalue weighted by Gasteiger charge is -2.38. The third-order valence-corrected chi connectivity index (χ3v) is 7.64. The Balaban J connectivity index is 1.35. The van der Waals surface area contributed by atoms with Gasteiger partial charge in [0.05, 0.1) is 17.2 Å². The minimum absolute atomic E-state index is 0.142. The molecule has 36 heavy (non-hydrogen) atoms. The molecule has 0 radical (unpaired) electrons. The van der Waals surface area contributed by atoms with Crippen LogP contribution in [0.25, 0.3) is 0 Å². The predicted octanol–water partition coefficient (Wildman–Crippen LogP) is 4.17. The van der Waals surface area contributed by atoms with Crippen LogP contribution in [-0.2, 0) is 11.2 Å². The molecule has 2 aliphatic heterocycles. The lowest BCUT2D eigenvalue weighted by Crippen LogP contribution is -2.48. The van der Waals surface area contributed by atoms with Gasteiger partial charge in [-0.2, -0.15) is 0 Å². The van der Waals surface area contributed by atoms with Crippen LogP contribution in [0.4, 0.5) is 13.6 Å². The Labute approximate surface area is 208 Å². The molecule has 9 heteroatoms. The zero-order valence-corrected chi connectivity index (χ0v) is 20.4. The van der Waals surface area contributed by atoms with E-state index in [4.69, 9.17) is 4.74 Å². The van der Waals surface area contributed by atoms with Crippen molar-refractivity contribution in [3.8, 4) is 0 Å². The van der Waals surface area contributed by atoms with E-state index in [1.165, 1.54) is 15.4 Å². The lowest BCUT2D eigenvalue weighted by molar-refractivity contribution is 0.0619. The van der Waals surface area contributed by atoms with Crippen LogP contribution in [0.5, 0.6) is 0 Å². The third-order valence-electron chi connectivity index (χ3n) is 7.64. The van der Waals surface area contributed by atoms with Crippen LogP contribution in [-0.4, -0.2) is 70.9 Å². The summed E-state index contributed by atoms with van der Waals surface area (Å²) in [7, 11) is 0. The molecule has 0 saturated carbocycles. The molecule has 0 aromatic heterocycles. The van der Waals surface area contributed by atoms with Gasteiger partial charge in [-0.3, -0.25) is 14.5 Å². The molecule has 0 N–H and O–H groups in total. The summed E-state index contributed by atoms with van der Waals surface area (Å²) in [5.41, 5.74) is 1.20. The van der Waals surface area contributed by atoms with Gasteiger partial charge in [-0.15, -0.1) is 0 Å². The zero-order chi connectivity index (χ0) is 25.6. The molecule has 0 unspecified atom stereocenters. The van der Waals surface area contributed by atoms with Crippen molar-refractivity contribution in [3.63, 3.8) is 0 Å². The largest absolute Gasteiger partial charge is 0.443 e. The standard InChI is InChI=1S/C27H29F2N3O4/c1-3-30(4-2)25(33)22-19(28)9-10-20(29)23(22)26(34)31-13-11-17(12-14-31)32-24-18-8-6-5-7-16(18)15-21(24)36-27(32)35/h5-10,17,21,24H,3-4,11-15H2,1-2H3/t21-,24+/m1/s1. The summed E-state index contributed by atoms with van der Waals surface area (Å²) in [5.74, 6) is -3.26. The number of halogens is 2. The number of hydrogen-bond acceptors (Lipinski definition) is 4. The van der Waals surface area contributed by atoms with Gasteiger partial charge in [0.15, 0.2) is 0 Å². The summed E-state index contributed by atoms with van der Waals surface area (Å²) >= 11 is 0. The fourth-order valence-corrected chi connectivity index (χ4v) is 5.80. The Morgan fingerprint density at radius 2 is 1.64 bits per heavy atom. The van der Waals surface area contributed by atoms with Crippen LogP contribution in [0.2, 0.25) is 0 Å². The third kappa shape index (κ3) is 3.90. The highest BCUT2D eigenvalue weighted by Gasteiger charge is 2.50. The van der Waals surface area contributed by atoms with Crippen molar-refractivity contribution in [3.05, 3.63) is 70.3 Å². The number of nitrogens with zero attached hydrogens (tertiary/aromatic N) is 3. The highest BCUT2D eigenvalue weighted by atomic mass is 19.1. The van der Waals surface area contributed by atoms with Crippen LogP contribution < -0.4 is 0 Å². The van der Waals surface area contributed by atoms with Crippen molar-refractivity contribution in [2.75, 3.05) is 26.2 Å². The summed E-state index contributed by atoms with van der Waals surface area (Å²) in [5, 5.41) is 0. The molecule has 2 aromatic carbocycles. The van der Waals surface area contributed by atoms with Crippen molar-refractivity contribution in [2.45, 2.75) is 51.3 Å². The second-order valence-corrected chi connectivity index (χ2v) is 9.46. The van der Waals surface area contributed by atoms with Crippen molar-refractivity contribution < 1.29 is 27.9 Å². The number of fused-ring (bicyclic) bond motifs is 3. The van der Waals surface area contributed by atoms with E-state index in [1.54, 1.807) is 18.7 Å². The van der Waals surface area contributed by atoms with E-state index in [0.29, 0.717) is 32.4 Å². The summed E-state index contributed by atoms with van der Waals surface area (Å²) in [4.78, 5) is 43.7. The highest BCUT2D eigenvalue weighted by Crippen LogP contribution is 2.44. The van der Waals surface area contributed by atoms with Gasteiger partial charge in [0.2, 0.25) is 0 Å². The molecule has 2 atom stereocenters. The molecular weight excluding hydrogens is 468 g/mol. The average Bonchev–Trinajstić information content (AvgIpc) is 3.39. The van der Waals surface area contributed by atoms with Crippen LogP contribution in [0, 0.1) is 11.6 Å². The maximum atomic E-state index is 14.9. The van der Waals surface area contributed by atoms with E-state index in [0.717, 1.165) is 17.7 Å². The van der Waals surface area contributed by atoms with E-state index in [-0.39, 0.29) is 37.4 Å². The van der Waals surface area contributed by atoms with Crippen molar-refractivity contribution in [2.24, 2.45) is 0 Å². The van der Waals surface area contributed by atoms with Crippen molar-refractivity contribution in [1.29, 1.82) is 0 Å². The van der Waals surface area contributed by atoms with Crippen LogP contribution >= 0.6 is 0 Å². The number of hydrogen-bond donors (Lipinski definition) is 0. The first-order chi connectivity index (χ1) is 17.3. The topological polar surface area (TPSA) is 70.2 Å². The molecular formula is C27H29F2N3O4. The molecule has 2 saturated heterocycles. The molecule has 0 bridgehead atoms. The van der Waals surface area contributed by atoms with E-state index in [9.17, 15) is 23.2 Å². The molecule has 0 spiro atoms. The van der Waals surface area contributed by atoms with Crippen molar-refractivity contribution in [1.82, 2.24) is 14.7 Å². The minimum atomic E-state index is -0.924. The number of rotatable bonds is 5. The Bertz CT molecular complexity index is 1210. The van der Waals surface area contributed by atoms with Crippen LogP contribution in [0.3, 0.4) is 0 Å². The smallest absolute Gasteiger partial charge is 0.411 e. The minimum Gasteiger partial charge on any atom is -0.443 e. The number of carbonyl (C=O) groups is 3. The number of benzene rings is 2. The highest BCUT2D eigenvalue weighted by molar-refractivity contribution is 6.07. The summed E-state index contributed by atoms with van der Waals surface area (Å²) < 4.78 is 35.3. The molecule has 2 heterocycles. The van der Waals surface area contributed by atoms with Gasteiger partial charge in [0.25, 0.3) is 11.8 Å². The van der Waals surface area contributed by atoms with Crippen LogP contribution in [0.15, 0.2) is 36.4 Å². The SMILES string of the molecule is CCN(CC)C(=O)c1c(F)ccc(F)c1C(=O)N1CCC(N2C(=O)O[C@@H]3Cc4ccccc4[C@@H]32)CC1. The molecule has 3 aliphatic rings. The predicted molar refractivity (Wildman–Crippen MR) is 128 cm³/mol. The first kappa shape index (κ1) is 24.2.